The number of ether oxygens (including phenoxy) is 1. The molecule has 2 saturated heterocycles. The highest BCUT2D eigenvalue weighted by molar-refractivity contribution is 5.82. The molecule has 6 nitrogen and oxygen atoms in total. The first-order valence-electron chi connectivity index (χ1n) is 9.51. The second-order valence-electron chi connectivity index (χ2n) is 7.64. The average molecular weight is 362 g/mol. The first kappa shape index (κ1) is 19.1. The molecular formula is C20H30N2O4. The zero-order valence-corrected chi connectivity index (χ0v) is 15.6. The molecule has 2 aliphatic rings. The van der Waals surface area contributed by atoms with Gasteiger partial charge in [0.2, 0.25) is 0 Å². The van der Waals surface area contributed by atoms with Crippen molar-refractivity contribution in [3.05, 3.63) is 29.8 Å². The molecular weight excluding hydrogens is 332 g/mol. The number of hydrogen-bond donors (Lipinski definition) is 2. The number of nitrogens with zero attached hydrogens (tertiary/aromatic N) is 2. The van der Waals surface area contributed by atoms with E-state index in [2.05, 4.69) is 4.90 Å². The van der Waals surface area contributed by atoms with Gasteiger partial charge in [0.05, 0.1) is 13.7 Å². The Morgan fingerprint density at radius 3 is 2.31 bits per heavy atom. The van der Waals surface area contributed by atoms with E-state index in [9.17, 15) is 15.0 Å². The fourth-order valence-corrected chi connectivity index (χ4v) is 4.08. The topological polar surface area (TPSA) is 73.2 Å². The molecule has 1 aromatic rings. The van der Waals surface area contributed by atoms with Gasteiger partial charge >= 0.3 is 0 Å². The fourth-order valence-electron chi connectivity index (χ4n) is 4.08. The van der Waals surface area contributed by atoms with Gasteiger partial charge in [0.1, 0.15) is 5.75 Å². The van der Waals surface area contributed by atoms with E-state index in [-0.39, 0.29) is 17.9 Å². The molecule has 2 aliphatic heterocycles. The number of likely N-dealkylation sites (tertiary alicyclic amines) is 2. The van der Waals surface area contributed by atoms with Crippen LogP contribution in [-0.2, 0) is 4.79 Å². The second-order valence-corrected chi connectivity index (χ2v) is 7.64. The third-order valence-electron chi connectivity index (χ3n) is 5.89. The summed E-state index contributed by atoms with van der Waals surface area (Å²) in [5, 5.41) is 20.4. The molecule has 26 heavy (non-hydrogen) atoms. The predicted octanol–water partition coefficient (Wildman–Crippen LogP) is 1.43. The van der Waals surface area contributed by atoms with Crippen molar-refractivity contribution < 1.29 is 19.7 Å². The number of rotatable bonds is 6. The van der Waals surface area contributed by atoms with Crippen LogP contribution >= 0.6 is 0 Å². The van der Waals surface area contributed by atoms with E-state index in [0.717, 1.165) is 32.5 Å². The summed E-state index contributed by atoms with van der Waals surface area (Å²) >= 11 is 0. The minimum absolute atomic E-state index is 0.119. The lowest BCUT2D eigenvalue weighted by Crippen LogP contribution is -2.50. The standard InChI is InChI=1S/C20H30N2O4/c1-26-17-6-4-16(5-7-17)18(24)19(25)22-12-8-20(15-23,9-13-22)14-21-10-2-3-11-21/h4-7,18,23-24H,2-3,8-15H2,1H3/t18-/m0/s1. The van der Waals surface area contributed by atoms with Crippen LogP contribution in [0.2, 0.25) is 0 Å². The van der Waals surface area contributed by atoms with Gasteiger partial charge in [-0.25, -0.2) is 0 Å². The van der Waals surface area contributed by atoms with Crippen molar-refractivity contribution in [2.24, 2.45) is 5.41 Å². The summed E-state index contributed by atoms with van der Waals surface area (Å²) in [7, 11) is 1.58. The van der Waals surface area contributed by atoms with Crippen LogP contribution in [0.4, 0.5) is 0 Å². The van der Waals surface area contributed by atoms with E-state index in [0.29, 0.717) is 24.4 Å². The van der Waals surface area contributed by atoms with Crippen molar-refractivity contribution in [1.29, 1.82) is 0 Å². The minimum Gasteiger partial charge on any atom is -0.497 e. The molecule has 1 atom stereocenters. The summed E-state index contributed by atoms with van der Waals surface area (Å²) in [6, 6.07) is 6.93. The van der Waals surface area contributed by atoms with Gasteiger partial charge in [0.15, 0.2) is 6.10 Å². The van der Waals surface area contributed by atoms with Crippen molar-refractivity contribution in [2.75, 3.05) is 46.4 Å². The van der Waals surface area contributed by atoms with Crippen LogP contribution in [0.1, 0.15) is 37.4 Å². The van der Waals surface area contributed by atoms with Gasteiger partial charge in [-0.05, 0) is 56.5 Å². The number of amides is 1. The molecule has 144 valence electrons. The zero-order chi connectivity index (χ0) is 18.6. The average Bonchev–Trinajstić information content (AvgIpc) is 3.20. The molecule has 0 radical (unpaired) electrons. The number of piperidine rings is 1. The van der Waals surface area contributed by atoms with E-state index in [1.807, 2.05) is 0 Å². The number of hydrogen-bond acceptors (Lipinski definition) is 5. The minimum atomic E-state index is -1.15. The molecule has 0 spiro atoms. The van der Waals surface area contributed by atoms with Crippen LogP contribution in [0, 0.1) is 5.41 Å². The lowest BCUT2D eigenvalue weighted by molar-refractivity contribution is -0.143. The smallest absolute Gasteiger partial charge is 0.256 e. The lowest BCUT2D eigenvalue weighted by atomic mass is 9.78. The number of benzene rings is 1. The van der Waals surface area contributed by atoms with Gasteiger partial charge in [-0.2, -0.15) is 0 Å². The molecule has 3 rings (SSSR count). The maximum atomic E-state index is 12.7. The number of methoxy groups -OCH3 is 1. The Balaban J connectivity index is 1.57. The Bertz CT molecular complexity index is 590. The molecule has 0 aliphatic carbocycles. The third kappa shape index (κ3) is 4.19. The summed E-state index contributed by atoms with van der Waals surface area (Å²) < 4.78 is 5.11. The predicted molar refractivity (Wildman–Crippen MR) is 99.0 cm³/mol. The van der Waals surface area contributed by atoms with E-state index in [1.54, 1.807) is 36.3 Å². The molecule has 0 aromatic heterocycles. The van der Waals surface area contributed by atoms with Crippen molar-refractivity contribution in [3.63, 3.8) is 0 Å². The van der Waals surface area contributed by atoms with Gasteiger partial charge in [-0.15, -0.1) is 0 Å². The molecule has 0 unspecified atom stereocenters. The first-order chi connectivity index (χ1) is 12.6. The van der Waals surface area contributed by atoms with E-state index in [1.165, 1.54) is 12.8 Å². The maximum absolute atomic E-state index is 12.7. The van der Waals surface area contributed by atoms with E-state index in [4.69, 9.17) is 4.74 Å². The van der Waals surface area contributed by atoms with Crippen LogP contribution < -0.4 is 4.74 Å². The van der Waals surface area contributed by atoms with Crippen molar-refractivity contribution in [1.82, 2.24) is 9.80 Å². The van der Waals surface area contributed by atoms with Crippen LogP contribution in [0.25, 0.3) is 0 Å². The zero-order valence-electron chi connectivity index (χ0n) is 15.6. The van der Waals surface area contributed by atoms with Crippen LogP contribution in [-0.4, -0.2) is 72.4 Å². The molecule has 1 amide bonds. The van der Waals surface area contributed by atoms with Crippen molar-refractivity contribution in [3.8, 4) is 5.75 Å². The largest absolute Gasteiger partial charge is 0.497 e. The van der Waals surface area contributed by atoms with Crippen molar-refractivity contribution in [2.45, 2.75) is 31.8 Å². The number of aliphatic hydroxyl groups is 2. The summed E-state index contributed by atoms with van der Waals surface area (Å²) in [6.45, 7) is 4.46. The SMILES string of the molecule is COc1ccc([C@H](O)C(=O)N2CCC(CO)(CN3CCCC3)CC2)cc1. The molecule has 2 heterocycles. The summed E-state index contributed by atoms with van der Waals surface area (Å²) in [5.74, 6) is 0.434. The molecule has 2 N–H and O–H groups in total. The number of carbonyl (C=O) groups is 1. The fraction of sp³-hybridized carbons (Fsp3) is 0.650. The van der Waals surface area contributed by atoms with Crippen LogP contribution in [0.3, 0.4) is 0 Å². The van der Waals surface area contributed by atoms with Gasteiger partial charge in [-0.3, -0.25) is 4.79 Å². The van der Waals surface area contributed by atoms with Crippen LogP contribution in [0.5, 0.6) is 5.75 Å². The Morgan fingerprint density at radius 1 is 1.15 bits per heavy atom. The molecule has 0 bridgehead atoms. The number of carbonyl (C=O) groups excluding carboxylic acids is 1. The van der Waals surface area contributed by atoms with E-state index >= 15 is 0 Å². The number of aliphatic hydroxyl groups excluding tert-OH is 2. The Labute approximate surface area is 155 Å². The van der Waals surface area contributed by atoms with Gasteiger partial charge in [0, 0.05) is 25.0 Å². The van der Waals surface area contributed by atoms with Gasteiger partial charge in [0.25, 0.3) is 5.91 Å². The molecule has 1 aromatic carbocycles. The monoisotopic (exact) mass is 362 g/mol. The Morgan fingerprint density at radius 2 is 1.77 bits per heavy atom. The second kappa shape index (κ2) is 8.37. The third-order valence-corrected chi connectivity index (χ3v) is 5.89. The van der Waals surface area contributed by atoms with Crippen molar-refractivity contribution >= 4 is 5.91 Å². The Kier molecular flexibility index (Phi) is 6.16. The van der Waals surface area contributed by atoms with Gasteiger partial charge in [-0.1, -0.05) is 12.1 Å². The summed E-state index contributed by atoms with van der Waals surface area (Å²) in [6.07, 6.45) is 2.88. The highest BCUT2D eigenvalue weighted by Crippen LogP contribution is 2.34. The molecule has 6 heteroatoms. The quantitative estimate of drug-likeness (QED) is 0.801. The molecule has 2 fully saturated rings. The van der Waals surface area contributed by atoms with Gasteiger partial charge < -0.3 is 24.7 Å². The maximum Gasteiger partial charge on any atom is 0.256 e. The normalized spacial score (nSPS) is 21.6. The summed E-state index contributed by atoms with van der Waals surface area (Å²) in [4.78, 5) is 16.8. The Hall–Kier alpha value is -1.63. The highest BCUT2D eigenvalue weighted by atomic mass is 16.5. The summed E-state index contributed by atoms with van der Waals surface area (Å²) in [5.41, 5.74) is 0.457. The molecule has 0 saturated carbocycles. The highest BCUT2D eigenvalue weighted by Gasteiger charge is 2.38. The first-order valence-corrected chi connectivity index (χ1v) is 9.51. The van der Waals surface area contributed by atoms with Crippen LogP contribution in [0.15, 0.2) is 24.3 Å². The lowest BCUT2D eigenvalue weighted by Gasteiger charge is -2.43. The van der Waals surface area contributed by atoms with E-state index < -0.39 is 6.10 Å².